The maximum atomic E-state index is 12.7. The van der Waals surface area contributed by atoms with Gasteiger partial charge in [0.25, 0.3) is 0 Å². The minimum Gasteiger partial charge on any atom is -0.207 e. The summed E-state index contributed by atoms with van der Waals surface area (Å²) in [6, 6.07) is 5.62. The molecule has 0 N–H and O–H groups in total. The Morgan fingerprint density at radius 2 is 2.38 bits per heavy atom. The topological polar surface area (TPSA) is 72.5 Å². The van der Waals surface area contributed by atoms with E-state index in [0.717, 1.165) is 0 Å². The number of nitriles is 1. The highest BCUT2D eigenvalue weighted by Crippen LogP contribution is 2.11. The van der Waals surface area contributed by atoms with Gasteiger partial charge in [-0.25, -0.2) is 4.39 Å². The van der Waals surface area contributed by atoms with Crippen LogP contribution in [0.2, 0.25) is 0 Å². The van der Waals surface area contributed by atoms with Gasteiger partial charge in [-0.1, -0.05) is 5.11 Å². The Hall–Kier alpha value is -2.05. The zero-order chi connectivity index (χ0) is 9.68. The lowest BCUT2D eigenvalue weighted by Gasteiger charge is -1.98. The van der Waals surface area contributed by atoms with Crippen molar-refractivity contribution >= 4 is 0 Å². The van der Waals surface area contributed by atoms with Gasteiger partial charge >= 0.3 is 0 Å². The second kappa shape index (κ2) is 4.10. The molecule has 0 aliphatic heterocycles. The second-order valence-corrected chi connectivity index (χ2v) is 2.30. The van der Waals surface area contributed by atoms with Gasteiger partial charge in [-0.05, 0) is 29.3 Å². The molecule has 0 atom stereocenters. The Balaban J connectivity index is 3.09. The van der Waals surface area contributed by atoms with E-state index in [1.165, 1.54) is 18.2 Å². The van der Waals surface area contributed by atoms with Gasteiger partial charge in [0, 0.05) is 4.91 Å². The molecule has 0 unspecified atom stereocenters. The van der Waals surface area contributed by atoms with Crippen LogP contribution in [0.15, 0.2) is 23.3 Å². The van der Waals surface area contributed by atoms with Gasteiger partial charge in [0.05, 0.1) is 18.2 Å². The second-order valence-electron chi connectivity index (χ2n) is 2.30. The highest BCUT2D eigenvalue weighted by molar-refractivity contribution is 5.37. The van der Waals surface area contributed by atoms with Crippen molar-refractivity contribution in [3.8, 4) is 6.07 Å². The molecule has 0 bridgehead atoms. The molecule has 0 fully saturated rings. The van der Waals surface area contributed by atoms with E-state index in [4.69, 9.17) is 10.8 Å². The quantitative estimate of drug-likeness (QED) is 0.387. The predicted octanol–water partition coefficient (Wildman–Crippen LogP) is 2.51. The largest absolute Gasteiger partial charge is 0.207 e. The van der Waals surface area contributed by atoms with Crippen LogP contribution < -0.4 is 0 Å². The van der Waals surface area contributed by atoms with Crippen molar-refractivity contribution in [1.82, 2.24) is 0 Å². The maximum Gasteiger partial charge on any atom is 0.123 e. The number of rotatable bonds is 2. The number of benzene rings is 1. The molecule has 0 saturated heterocycles. The minimum atomic E-state index is -0.442. The number of azide groups is 1. The van der Waals surface area contributed by atoms with E-state index in [0.29, 0.717) is 11.1 Å². The molecular weight excluding hydrogens is 171 g/mol. The Bertz CT molecular complexity index is 401. The molecule has 0 aliphatic carbocycles. The number of hydrogen-bond donors (Lipinski definition) is 0. The molecule has 13 heavy (non-hydrogen) atoms. The molecule has 0 aliphatic rings. The Kier molecular flexibility index (Phi) is 2.85. The van der Waals surface area contributed by atoms with Crippen LogP contribution in [0.5, 0.6) is 0 Å². The van der Waals surface area contributed by atoms with E-state index in [1.54, 1.807) is 0 Å². The van der Waals surface area contributed by atoms with Gasteiger partial charge in [0.1, 0.15) is 5.82 Å². The molecule has 0 saturated carbocycles. The van der Waals surface area contributed by atoms with Crippen molar-refractivity contribution in [2.75, 3.05) is 0 Å². The summed E-state index contributed by atoms with van der Waals surface area (Å²) < 4.78 is 12.7. The van der Waals surface area contributed by atoms with Crippen LogP contribution in [-0.2, 0) is 6.54 Å². The van der Waals surface area contributed by atoms with Crippen molar-refractivity contribution in [2.24, 2.45) is 5.11 Å². The van der Waals surface area contributed by atoms with E-state index >= 15 is 0 Å². The summed E-state index contributed by atoms with van der Waals surface area (Å²) in [4.78, 5) is 2.53. The molecule has 0 spiro atoms. The average Bonchev–Trinajstić information content (AvgIpc) is 2.15. The van der Waals surface area contributed by atoms with Gasteiger partial charge < -0.3 is 0 Å². The van der Waals surface area contributed by atoms with Crippen LogP contribution in [0.25, 0.3) is 10.4 Å². The molecular formula is C8H5FN4. The van der Waals surface area contributed by atoms with Crippen LogP contribution in [0.3, 0.4) is 0 Å². The summed E-state index contributed by atoms with van der Waals surface area (Å²) in [6.45, 7) is -0.00282. The van der Waals surface area contributed by atoms with Crippen molar-refractivity contribution in [1.29, 1.82) is 5.26 Å². The van der Waals surface area contributed by atoms with Crippen LogP contribution in [0.1, 0.15) is 11.1 Å². The fraction of sp³-hybridized carbons (Fsp3) is 0.125. The summed E-state index contributed by atoms with van der Waals surface area (Å²) in [7, 11) is 0. The summed E-state index contributed by atoms with van der Waals surface area (Å²) in [5.74, 6) is -0.442. The summed E-state index contributed by atoms with van der Waals surface area (Å²) in [5.41, 5.74) is 8.77. The highest BCUT2D eigenvalue weighted by Gasteiger charge is 2.01. The van der Waals surface area contributed by atoms with E-state index < -0.39 is 5.82 Å². The van der Waals surface area contributed by atoms with E-state index in [9.17, 15) is 4.39 Å². The number of hydrogen-bond acceptors (Lipinski definition) is 2. The summed E-state index contributed by atoms with van der Waals surface area (Å²) in [5, 5.41) is 11.9. The van der Waals surface area contributed by atoms with Crippen LogP contribution in [0.4, 0.5) is 4.39 Å². The standard InChI is InChI=1S/C8H5FN4/c9-8-2-1-6(4-10)7(3-8)5-12-13-11/h1-3H,5H2. The Morgan fingerprint density at radius 1 is 1.62 bits per heavy atom. The molecule has 4 nitrogen and oxygen atoms in total. The summed E-state index contributed by atoms with van der Waals surface area (Å²) in [6.07, 6.45) is 0. The lowest BCUT2D eigenvalue weighted by Crippen LogP contribution is -1.88. The van der Waals surface area contributed by atoms with E-state index in [-0.39, 0.29) is 6.54 Å². The first kappa shape index (κ1) is 9.04. The van der Waals surface area contributed by atoms with Crippen LogP contribution in [-0.4, -0.2) is 0 Å². The normalized spacial score (nSPS) is 8.62. The molecule has 1 rings (SSSR count). The van der Waals surface area contributed by atoms with Gasteiger partial charge in [0.2, 0.25) is 0 Å². The number of nitrogens with zero attached hydrogens (tertiary/aromatic N) is 4. The lowest BCUT2D eigenvalue weighted by atomic mass is 10.1. The van der Waals surface area contributed by atoms with Gasteiger partial charge in [-0.2, -0.15) is 5.26 Å². The first-order valence-corrected chi connectivity index (χ1v) is 3.47. The maximum absolute atomic E-state index is 12.7. The minimum absolute atomic E-state index is 0.00282. The van der Waals surface area contributed by atoms with Crippen LogP contribution in [0, 0.1) is 17.1 Å². The molecule has 1 aromatic carbocycles. The van der Waals surface area contributed by atoms with Crippen molar-refractivity contribution in [2.45, 2.75) is 6.54 Å². The van der Waals surface area contributed by atoms with E-state index in [1.807, 2.05) is 6.07 Å². The van der Waals surface area contributed by atoms with Crippen LogP contribution >= 0.6 is 0 Å². The van der Waals surface area contributed by atoms with Gasteiger partial charge in [-0.15, -0.1) is 0 Å². The Morgan fingerprint density at radius 3 is 3.00 bits per heavy atom. The van der Waals surface area contributed by atoms with Gasteiger partial charge in [-0.3, -0.25) is 0 Å². The number of halogens is 1. The molecule has 5 heteroatoms. The smallest absolute Gasteiger partial charge is 0.123 e. The van der Waals surface area contributed by atoms with E-state index in [2.05, 4.69) is 10.0 Å². The first-order chi connectivity index (χ1) is 6.27. The molecule has 0 radical (unpaired) electrons. The predicted molar refractivity (Wildman–Crippen MR) is 44.0 cm³/mol. The molecule has 0 aromatic heterocycles. The monoisotopic (exact) mass is 176 g/mol. The fourth-order valence-electron chi connectivity index (χ4n) is 0.910. The summed E-state index contributed by atoms with van der Waals surface area (Å²) >= 11 is 0. The Labute approximate surface area is 73.9 Å². The SMILES string of the molecule is N#Cc1ccc(F)cc1CN=[N+]=[N-]. The molecule has 64 valence electrons. The fourth-order valence-corrected chi connectivity index (χ4v) is 0.910. The lowest BCUT2D eigenvalue weighted by molar-refractivity contribution is 0.625. The third kappa shape index (κ3) is 2.19. The van der Waals surface area contributed by atoms with Crippen molar-refractivity contribution in [3.05, 3.63) is 45.6 Å². The third-order valence-corrected chi connectivity index (χ3v) is 1.49. The van der Waals surface area contributed by atoms with Crippen molar-refractivity contribution < 1.29 is 4.39 Å². The third-order valence-electron chi connectivity index (χ3n) is 1.49. The molecule has 1 aromatic rings. The zero-order valence-electron chi connectivity index (χ0n) is 6.61. The average molecular weight is 176 g/mol. The first-order valence-electron chi connectivity index (χ1n) is 3.47. The highest BCUT2D eigenvalue weighted by atomic mass is 19.1. The van der Waals surface area contributed by atoms with Gasteiger partial charge in [0.15, 0.2) is 0 Å². The zero-order valence-corrected chi connectivity index (χ0v) is 6.61. The molecule has 0 heterocycles. The van der Waals surface area contributed by atoms with Crippen molar-refractivity contribution in [3.63, 3.8) is 0 Å². The molecule has 0 amide bonds.